The number of piperidine rings is 1. The van der Waals surface area contributed by atoms with E-state index in [1.807, 2.05) is 0 Å². The van der Waals surface area contributed by atoms with Crippen molar-refractivity contribution >= 4 is 5.91 Å². The van der Waals surface area contributed by atoms with E-state index in [4.69, 9.17) is 0 Å². The number of aliphatic hydroxyl groups excluding tert-OH is 1. The first kappa shape index (κ1) is 10.1. The van der Waals surface area contributed by atoms with Crippen molar-refractivity contribution in [3.8, 4) is 0 Å². The van der Waals surface area contributed by atoms with Gasteiger partial charge < -0.3 is 10.0 Å². The summed E-state index contributed by atoms with van der Waals surface area (Å²) in [5, 5.41) is 16.8. The third-order valence-electron chi connectivity index (χ3n) is 2.52. The zero-order valence-corrected chi connectivity index (χ0v) is 8.41. The Morgan fingerprint density at radius 1 is 1.60 bits per heavy atom. The van der Waals surface area contributed by atoms with Gasteiger partial charge in [0.05, 0.1) is 12.3 Å². The highest BCUT2D eigenvalue weighted by Gasteiger charge is 2.21. The van der Waals surface area contributed by atoms with Crippen molar-refractivity contribution in [3.63, 3.8) is 0 Å². The minimum absolute atomic E-state index is 0.0146. The second-order valence-electron chi connectivity index (χ2n) is 3.74. The van der Waals surface area contributed by atoms with E-state index in [2.05, 4.69) is 10.3 Å². The molecule has 6 heteroatoms. The molecule has 0 spiro atoms. The lowest BCUT2D eigenvalue weighted by atomic mass is 10.1. The van der Waals surface area contributed by atoms with Crippen LogP contribution in [-0.2, 0) is 11.3 Å². The molecule has 1 atom stereocenters. The molecule has 0 aromatic carbocycles. The lowest BCUT2D eigenvalue weighted by molar-refractivity contribution is -0.135. The van der Waals surface area contributed by atoms with Crippen LogP contribution < -0.4 is 0 Å². The first-order valence-electron chi connectivity index (χ1n) is 5.05. The summed E-state index contributed by atoms with van der Waals surface area (Å²) < 4.78 is 1.49. The first-order chi connectivity index (χ1) is 7.25. The number of amides is 1. The third-order valence-corrected chi connectivity index (χ3v) is 2.52. The minimum atomic E-state index is -0.376. The van der Waals surface area contributed by atoms with Gasteiger partial charge in [0.1, 0.15) is 6.54 Å². The summed E-state index contributed by atoms with van der Waals surface area (Å²) in [5.41, 5.74) is 0. The highest BCUT2D eigenvalue weighted by molar-refractivity contribution is 5.76. The van der Waals surface area contributed by atoms with E-state index in [9.17, 15) is 9.90 Å². The summed E-state index contributed by atoms with van der Waals surface area (Å²) in [6.07, 6.45) is 4.46. The van der Waals surface area contributed by atoms with Crippen LogP contribution in [0.1, 0.15) is 12.8 Å². The number of carbonyl (C=O) groups is 1. The standard InChI is InChI=1S/C9H14N4O2/c14-8-2-1-4-12(6-8)9(15)7-13-5-3-10-11-13/h3,5,8,14H,1-2,4,6-7H2/t8-/m0/s1. The predicted molar refractivity (Wildman–Crippen MR) is 51.8 cm³/mol. The van der Waals surface area contributed by atoms with Gasteiger partial charge in [0.15, 0.2) is 0 Å². The van der Waals surface area contributed by atoms with Crippen LogP contribution in [0, 0.1) is 0 Å². The molecule has 0 saturated carbocycles. The maximum Gasteiger partial charge on any atom is 0.244 e. The van der Waals surface area contributed by atoms with E-state index in [-0.39, 0.29) is 18.6 Å². The van der Waals surface area contributed by atoms with E-state index in [0.29, 0.717) is 6.54 Å². The normalized spacial score (nSPS) is 21.7. The van der Waals surface area contributed by atoms with E-state index in [1.165, 1.54) is 4.68 Å². The number of rotatable bonds is 2. The number of nitrogens with zero attached hydrogens (tertiary/aromatic N) is 4. The van der Waals surface area contributed by atoms with Crippen molar-refractivity contribution in [3.05, 3.63) is 12.4 Å². The lowest BCUT2D eigenvalue weighted by Crippen LogP contribution is -2.43. The molecule has 1 amide bonds. The van der Waals surface area contributed by atoms with Crippen molar-refractivity contribution in [2.45, 2.75) is 25.5 Å². The van der Waals surface area contributed by atoms with Gasteiger partial charge in [-0.2, -0.15) is 0 Å². The Morgan fingerprint density at radius 3 is 3.13 bits per heavy atom. The zero-order valence-electron chi connectivity index (χ0n) is 8.41. The van der Waals surface area contributed by atoms with Crippen molar-refractivity contribution < 1.29 is 9.90 Å². The Morgan fingerprint density at radius 2 is 2.47 bits per heavy atom. The summed E-state index contributed by atoms with van der Waals surface area (Å²) >= 11 is 0. The molecule has 2 rings (SSSR count). The molecular formula is C9H14N4O2. The second kappa shape index (κ2) is 4.39. The monoisotopic (exact) mass is 210 g/mol. The third kappa shape index (κ3) is 2.53. The van der Waals surface area contributed by atoms with Crippen molar-refractivity contribution in [2.75, 3.05) is 13.1 Å². The van der Waals surface area contributed by atoms with Gasteiger partial charge in [-0.1, -0.05) is 5.21 Å². The van der Waals surface area contributed by atoms with E-state index in [1.54, 1.807) is 17.3 Å². The topological polar surface area (TPSA) is 71.2 Å². The van der Waals surface area contributed by atoms with Crippen molar-refractivity contribution in [2.24, 2.45) is 0 Å². The highest BCUT2D eigenvalue weighted by Crippen LogP contribution is 2.10. The fraction of sp³-hybridized carbons (Fsp3) is 0.667. The average Bonchev–Trinajstić information content (AvgIpc) is 2.70. The smallest absolute Gasteiger partial charge is 0.244 e. The first-order valence-corrected chi connectivity index (χ1v) is 5.05. The van der Waals surface area contributed by atoms with Gasteiger partial charge in [-0.05, 0) is 12.8 Å². The van der Waals surface area contributed by atoms with E-state index in [0.717, 1.165) is 19.4 Å². The number of aromatic nitrogens is 3. The van der Waals surface area contributed by atoms with Crippen LogP contribution in [0.5, 0.6) is 0 Å². The zero-order chi connectivity index (χ0) is 10.7. The fourth-order valence-electron chi connectivity index (χ4n) is 1.74. The second-order valence-corrected chi connectivity index (χ2v) is 3.74. The van der Waals surface area contributed by atoms with Gasteiger partial charge in [-0.25, -0.2) is 4.68 Å². The Labute approximate surface area is 87.5 Å². The molecule has 0 unspecified atom stereocenters. The van der Waals surface area contributed by atoms with E-state index < -0.39 is 0 Å². The fourth-order valence-corrected chi connectivity index (χ4v) is 1.74. The van der Waals surface area contributed by atoms with Crippen LogP contribution in [0.15, 0.2) is 12.4 Å². The van der Waals surface area contributed by atoms with Crippen LogP contribution in [-0.4, -0.2) is 50.1 Å². The summed E-state index contributed by atoms with van der Waals surface area (Å²) in [6.45, 7) is 1.37. The Balaban J connectivity index is 1.90. The molecule has 0 bridgehead atoms. The number of hydrogen-bond acceptors (Lipinski definition) is 4. The van der Waals surface area contributed by atoms with Crippen LogP contribution in [0.2, 0.25) is 0 Å². The highest BCUT2D eigenvalue weighted by atomic mass is 16.3. The molecular weight excluding hydrogens is 196 g/mol. The average molecular weight is 210 g/mol. The largest absolute Gasteiger partial charge is 0.391 e. The maximum absolute atomic E-state index is 11.7. The molecule has 1 fully saturated rings. The molecule has 1 aliphatic rings. The van der Waals surface area contributed by atoms with Crippen LogP contribution in [0.3, 0.4) is 0 Å². The summed E-state index contributed by atoms with van der Waals surface area (Å²) in [7, 11) is 0. The molecule has 1 saturated heterocycles. The molecule has 0 aliphatic carbocycles. The number of likely N-dealkylation sites (tertiary alicyclic amines) is 1. The van der Waals surface area contributed by atoms with E-state index >= 15 is 0 Å². The summed E-state index contributed by atoms with van der Waals surface area (Å²) in [6, 6.07) is 0. The number of aliphatic hydroxyl groups is 1. The molecule has 82 valence electrons. The number of β-amino-alcohol motifs (C(OH)–C–C–N with tert-alkyl or cyclic N) is 1. The van der Waals surface area contributed by atoms with Crippen LogP contribution in [0.25, 0.3) is 0 Å². The molecule has 6 nitrogen and oxygen atoms in total. The van der Waals surface area contributed by atoms with Gasteiger partial charge in [0.25, 0.3) is 0 Å². The Kier molecular flexibility index (Phi) is 2.96. The van der Waals surface area contributed by atoms with Crippen LogP contribution in [0.4, 0.5) is 0 Å². The lowest BCUT2D eigenvalue weighted by Gasteiger charge is -2.29. The molecule has 1 aromatic rings. The summed E-state index contributed by atoms with van der Waals surface area (Å²) in [5.74, 6) is -0.0146. The van der Waals surface area contributed by atoms with Crippen LogP contribution >= 0.6 is 0 Å². The quantitative estimate of drug-likeness (QED) is 0.698. The van der Waals surface area contributed by atoms with Gasteiger partial charge >= 0.3 is 0 Å². The molecule has 1 aliphatic heterocycles. The van der Waals surface area contributed by atoms with Gasteiger partial charge in [-0.3, -0.25) is 4.79 Å². The van der Waals surface area contributed by atoms with Crippen molar-refractivity contribution in [1.29, 1.82) is 0 Å². The Hall–Kier alpha value is -1.43. The summed E-state index contributed by atoms with van der Waals surface area (Å²) in [4.78, 5) is 13.4. The van der Waals surface area contributed by atoms with Gasteiger partial charge in [0, 0.05) is 19.3 Å². The molecule has 2 heterocycles. The minimum Gasteiger partial charge on any atom is -0.391 e. The Bertz CT molecular complexity index is 325. The van der Waals surface area contributed by atoms with Crippen molar-refractivity contribution in [1.82, 2.24) is 19.9 Å². The predicted octanol–water partition coefficient (Wildman–Crippen LogP) is -0.739. The maximum atomic E-state index is 11.7. The van der Waals surface area contributed by atoms with Gasteiger partial charge in [0.2, 0.25) is 5.91 Å². The molecule has 1 aromatic heterocycles. The molecule has 0 radical (unpaired) electrons. The number of hydrogen-bond donors (Lipinski definition) is 1. The van der Waals surface area contributed by atoms with Gasteiger partial charge in [-0.15, -0.1) is 5.10 Å². The number of carbonyl (C=O) groups excluding carboxylic acids is 1. The molecule has 1 N–H and O–H groups in total. The SMILES string of the molecule is O=C(Cn1ccnn1)N1CCC[C@H](O)C1. The molecule has 15 heavy (non-hydrogen) atoms.